The van der Waals surface area contributed by atoms with E-state index in [1.807, 2.05) is 13.8 Å². The van der Waals surface area contributed by atoms with Gasteiger partial charge in [0, 0.05) is 18.1 Å². The Bertz CT molecular complexity index is 950. The number of methoxy groups -OCH3 is 1. The van der Waals surface area contributed by atoms with Crippen LogP contribution in [0.1, 0.15) is 31.2 Å². The number of rotatable bonds is 8. The zero-order valence-corrected chi connectivity index (χ0v) is 18.0. The molecule has 160 valence electrons. The maximum absolute atomic E-state index is 13.0. The van der Waals surface area contributed by atoms with E-state index in [-0.39, 0.29) is 16.9 Å². The smallest absolute Gasteiger partial charge is 0.295 e. The molecular formula is C22H25ClN2O5. The standard InChI is InChI=1S/C22H25ClN2O5/c1-4-24(5-2)10-11-25-19(17-7-6-12-30-17)18(21(27)22(25)28)20(26)15-13-14(23)8-9-16(15)29-3/h6-9,12-13,19,26H,4-5,10-11H2,1-3H3/b20-18-. The second-order valence-electron chi connectivity index (χ2n) is 6.88. The number of hydrogen-bond donors (Lipinski definition) is 1. The van der Waals surface area contributed by atoms with E-state index in [4.69, 9.17) is 20.8 Å². The van der Waals surface area contributed by atoms with Crippen LogP contribution in [0.3, 0.4) is 0 Å². The third-order valence-corrected chi connectivity index (χ3v) is 5.56. The first-order valence-electron chi connectivity index (χ1n) is 9.80. The first kappa shape index (κ1) is 21.9. The Hall–Kier alpha value is -2.77. The van der Waals surface area contributed by atoms with E-state index in [2.05, 4.69) is 4.90 Å². The minimum absolute atomic E-state index is 0.0462. The van der Waals surface area contributed by atoms with Crippen molar-refractivity contribution in [1.82, 2.24) is 9.80 Å². The van der Waals surface area contributed by atoms with E-state index >= 15 is 0 Å². The minimum atomic E-state index is -0.834. The molecule has 0 radical (unpaired) electrons. The van der Waals surface area contributed by atoms with E-state index < -0.39 is 17.7 Å². The van der Waals surface area contributed by atoms with E-state index in [0.29, 0.717) is 29.6 Å². The number of benzene rings is 1. The number of likely N-dealkylation sites (N-methyl/N-ethyl adjacent to an activating group) is 1. The molecule has 1 N–H and O–H groups in total. The number of likely N-dealkylation sites (tertiary alicyclic amines) is 1. The fraction of sp³-hybridized carbons (Fsp3) is 0.364. The van der Waals surface area contributed by atoms with Gasteiger partial charge in [0.1, 0.15) is 23.3 Å². The number of nitrogens with zero attached hydrogens (tertiary/aromatic N) is 2. The molecule has 1 atom stereocenters. The summed E-state index contributed by atoms with van der Waals surface area (Å²) >= 11 is 6.10. The maximum Gasteiger partial charge on any atom is 0.295 e. The first-order valence-corrected chi connectivity index (χ1v) is 10.2. The summed E-state index contributed by atoms with van der Waals surface area (Å²) in [6.45, 7) is 6.63. The fourth-order valence-corrected chi connectivity index (χ4v) is 3.82. The molecule has 2 heterocycles. The van der Waals surface area contributed by atoms with Crippen LogP contribution < -0.4 is 4.74 Å². The number of halogens is 1. The van der Waals surface area contributed by atoms with Gasteiger partial charge in [0.25, 0.3) is 11.7 Å². The molecule has 1 aliphatic heterocycles. The lowest BCUT2D eigenvalue weighted by molar-refractivity contribution is -0.140. The average molecular weight is 433 g/mol. The van der Waals surface area contributed by atoms with Gasteiger partial charge in [0.15, 0.2) is 0 Å². The Balaban J connectivity index is 2.11. The Morgan fingerprint density at radius 1 is 1.27 bits per heavy atom. The summed E-state index contributed by atoms with van der Waals surface area (Å²) in [6.07, 6.45) is 1.47. The number of ketones is 1. The summed E-state index contributed by atoms with van der Waals surface area (Å²) in [4.78, 5) is 29.4. The normalized spacial score (nSPS) is 18.4. The zero-order chi connectivity index (χ0) is 21.8. The molecule has 3 rings (SSSR count). The summed E-state index contributed by atoms with van der Waals surface area (Å²) in [6, 6.07) is 7.24. The van der Waals surface area contributed by atoms with Crippen molar-refractivity contribution in [3.8, 4) is 5.75 Å². The molecule has 1 unspecified atom stereocenters. The lowest BCUT2D eigenvalue weighted by Gasteiger charge is -2.26. The molecule has 8 heteroatoms. The van der Waals surface area contributed by atoms with Crippen LogP contribution in [-0.4, -0.2) is 59.9 Å². The Labute approximate surface area is 180 Å². The van der Waals surface area contributed by atoms with Gasteiger partial charge in [-0.1, -0.05) is 25.4 Å². The monoisotopic (exact) mass is 432 g/mol. The lowest BCUT2D eigenvalue weighted by atomic mass is 9.99. The number of hydrogen-bond acceptors (Lipinski definition) is 6. The van der Waals surface area contributed by atoms with Crippen molar-refractivity contribution in [3.05, 3.63) is 58.5 Å². The van der Waals surface area contributed by atoms with Gasteiger partial charge in [0.05, 0.1) is 24.5 Å². The number of amides is 1. The summed E-state index contributed by atoms with van der Waals surface area (Å²) in [5, 5.41) is 11.5. The maximum atomic E-state index is 13.0. The molecule has 1 aliphatic rings. The van der Waals surface area contributed by atoms with Crippen LogP contribution in [0, 0.1) is 0 Å². The van der Waals surface area contributed by atoms with Crippen LogP contribution in [0.25, 0.3) is 5.76 Å². The highest BCUT2D eigenvalue weighted by atomic mass is 35.5. The molecule has 1 aromatic heterocycles. The number of aliphatic hydroxyl groups is 1. The third kappa shape index (κ3) is 4.08. The van der Waals surface area contributed by atoms with Gasteiger partial charge >= 0.3 is 0 Å². The summed E-state index contributed by atoms with van der Waals surface area (Å²) in [5.74, 6) is -1.05. The molecule has 1 amide bonds. The van der Waals surface area contributed by atoms with Crippen molar-refractivity contribution in [2.75, 3.05) is 33.3 Å². The minimum Gasteiger partial charge on any atom is -0.507 e. The van der Waals surface area contributed by atoms with Gasteiger partial charge in [-0.25, -0.2) is 0 Å². The Morgan fingerprint density at radius 2 is 2.00 bits per heavy atom. The summed E-state index contributed by atoms with van der Waals surface area (Å²) < 4.78 is 10.8. The van der Waals surface area contributed by atoms with Gasteiger partial charge < -0.3 is 24.1 Å². The van der Waals surface area contributed by atoms with Crippen molar-refractivity contribution in [1.29, 1.82) is 0 Å². The Kier molecular flexibility index (Phi) is 6.84. The number of Topliss-reactive ketones (excluding diaryl/α,β-unsaturated/α-hetero) is 1. The zero-order valence-electron chi connectivity index (χ0n) is 17.2. The topological polar surface area (TPSA) is 83.2 Å². The molecular weight excluding hydrogens is 408 g/mol. The van der Waals surface area contributed by atoms with E-state index in [9.17, 15) is 14.7 Å². The quantitative estimate of drug-likeness (QED) is 0.389. The second kappa shape index (κ2) is 9.36. The molecule has 2 aromatic rings. The fourth-order valence-electron chi connectivity index (χ4n) is 3.65. The van der Waals surface area contributed by atoms with Crippen molar-refractivity contribution in [2.24, 2.45) is 0 Å². The lowest BCUT2D eigenvalue weighted by Crippen LogP contribution is -2.37. The molecule has 0 bridgehead atoms. The molecule has 7 nitrogen and oxygen atoms in total. The van der Waals surface area contributed by atoms with Gasteiger partial charge in [-0.3, -0.25) is 9.59 Å². The number of ether oxygens (including phenoxy) is 1. The van der Waals surface area contributed by atoms with Gasteiger partial charge in [-0.2, -0.15) is 0 Å². The third-order valence-electron chi connectivity index (χ3n) is 5.32. The number of aliphatic hydroxyl groups excluding tert-OH is 1. The largest absolute Gasteiger partial charge is 0.507 e. The summed E-state index contributed by atoms with van der Waals surface area (Å²) in [5.41, 5.74) is 0.193. The highest BCUT2D eigenvalue weighted by Gasteiger charge is 2.47. The average Bonchev–Trinajstić information content (AvgIpc) is 3.36. The van der Waals surface area contributed by atoms with Crippen LogP contribution in [0.5, 0.6) is 5.75 Å². The van der Waals surface area contributed by atoms with Crippen LogP contribution >= 0.6 is 11.6 Å². The van der Waals surface area contributed by atoms with Gasteiger partial charge in [0.2, 0.25) is 0 Å². The predicted molar refractivity (Wildman–Crippen MR) is 114 cm³/mol. The van der Waals surface area contributed by atoms with E-state index in [0.717, 1.165) is 13.1 Å². The predicted octanol–water partition coefficient (Wildman–Crippen LogP) is 3.71. The van der Waals surface area contributed by atoms with Gasteiger partial charge in [-0.15, -0.1) is 0 Å². The number of carbonyl (C=O) groups excluding carboxylic acids is 2. The Morgan fingerprint density at radius 3 is 2.60 bits per heavy atom. The first-order chi connectivity index (χ1) is 14.4. The van der Waals surface area contributed by atoms with Crippen molar-refractivity contribution < 1.29 is 23.8 Å². The molecule has 30 heavy (non-hydrogen) atoms. The highest BCUT2D eigenvalue weighted by molar-refractivity contribution is 6.46. The second-order valence-corrected chi connectivity index (χ2v) is 7.32. The van der Waals surface area contributed by atoms with Crippen molar-refractivity contribution in [2.45, 2.75) is 19.9 Å². The van der Waals surface area contributed by atoms with Crippen LogP contribution in [0.15, 0.2) is 46.6 Å². The number of carbonyl (C=O) groups is 2. The molecule has 0 saturated carbocycles. The molecule has 1 aromatic carbocycles. The van der Waals surface area contributed by atoms with Gasteiger partial charge in [-0.05, 0) is 43.4 Å². The number of furan rings is 1. The van der Waals surface area contributed by atoms with Crippen LogP contribution in [0.2, 0.25) is 5.02 Å². The molecule has 1 fully saturated rings. The summed E-state index contributed by atoms with van der Waals surface area (Å²) in [7, 11) is 1.45. The van der Waals surface area contributed by atoms with E-state index in [1.165, 1.54) is 24.3 Å². The molecule has 1 saturated heterocycles. The van der Waals surface area contributed by atoms with Crippen LogP contribution in [0.4, 0.5) is 0 Å². The van der Waals surface area contributed by atoms with Crippen molar-refractivity contribution >= 4 is 29.1 Å². The SMILES string of the molecule is CCN(CC)CCN1C(=O)C(=O)/C(=C(\O)c2cc(Cl)ccc2OC)C1c1ccco1. The van der Waals surface area contributed by atoms with E-state index in [1.54, 1.807) is 24.3 Å². The molecule has 0 aliphatic carbocycles. The highest BCUT2D eigenvalue weighted by Crippen LogP contribution is 2.41. The van der Waals surface area contributed by atoms with Crippen molar-refractivity contribution in [3.63, 3.8) is 0 Å². The van der Waals surface area contributed by atoms with Crippen LogP contribution in [-0.2, 0) is 9.59 Å². The molecule has 0 spiro atoms.